The Morgan fingerprint density at radius 1 is 1.86 bits per heavy atom. The van der Waals surface area contributed by atoms with Gasteiger partial charge in [-0.3, -0.25) is 0 Å². The minimum atomic E-state index is 0.889. The highest BCUT2D eigenvalue weighted by molar-refractivity contribution is 6.33. The van der Waals surface area contributed by atoms with E-state index in [4.69, 9.17) is 5.73 Å². The summed E-state index contributed by atoms with van der Waals surface area (Å²) >= 11 is 0. The molecule has 1 rings (SSSR count). The molecule has 0 amide bonds. The smallest absolute Gasteiger partial charge is 0.0248 e. The van der Waals surface area contributed by atoms with Crippen LogP contribution in [0.2, 0.25) is 6.32 Å². The Labute approximate surface area is 44.0 Å². The van der Waals surface area contributed by atoms with Crippen molar-refractivity contribution >= 4 is 7.41 Å². The maximum absolute atomic E-state index is 5.42. The molecule has 2 radical (unpaired) electrons. The summed E-state index contributed by atoms with van der Waals surface area (Å²) in [6, 6.07) is 0. The van der Waals surface area contributed by atoms with E-state index in [0.717, 1.165) is 18.6 Å². The van der Waals surface area contributed by atoms with Crippen LogP contribution >= 0.6 is 0 Å². The molecule has 0 fully saturated rings. The van der Waals surface area contributed by atoms with Crippen molar-refractivity contribution in [1.82, 2.24) is 5.23 Å². The van der Waals surface area contributed by atoms with Gasteiger partial charge in [-0.1, -0.05) is 6.08 Å². The first-order valence-corrected chi connectivity index (χ1v) is 2.39. The van der Waals surface area contributed by atoms with Crippen LogP contribution in [0.15, 0.2) is 11.8 Å². The van der Waals surface area contributed by atoms with Crippen molar-refractivity contribution in [2.75, 3.05) is 6.54 Å². The first kappa shape index (κ1) is 4.72. The molecular formula is C4H8BN2-. The van der Waals surface area contributed by atoms with E-state index < -0.39 is 0 Å². The largest absolute Gasteiger partial charge is 0.551 e. The molecule has 0 aromatic heterocycles. The molecule has 0 unspecified atom stereocenters. The summed E-state index contributed by atoms with van der Waals surface area (Å²) in [6.07, 6.45) is 2.88. The molecule has 0 spiro atoms. The van der Waals surface area contributed by atoms with E-state index in [1.165, 1.54) is 0 Å². The van der Waals surface area contributed by atoms with Gasteiger partial charge in [-0.2, -0.15) is 6.32 Å². The van der Waals surface area contributed by atoms with Gasteiger partial charge in [0.05, 0.1) is 0 Å². The summed E-state index contributed by atoms with van der Waals surface area (Å²) in [6.45, 7) is 0.895. The Balaban J connectivity index is 2.40. The van der Waals surface area contributed by atoms with Gasteiger partial charge in [-0.15, -0.1) is 0 Å². The van der Waals surface area contributed by atoms with Crippen molar-refractivity contribution in [1.29, 1.82) is 0 Å². The monoisotopic (exact) mass is 95.1 g/mol. The minimum absolute atomic E-state index is 0.889. The fraction of sp³-hybridized carbons (Fsp3) is 0.500. The summed E-state index contributed by atoms with van der Waals surface area (Å²) in [5, 5.41) is 3.03. The highest BCUT2D eigenvalue weighted by Crippen LogP contribution is 1.92. The number of hydrogen-bond donors (Lipinski definition) is 2. The van der Waals surface area contributed by atoms with Crippen molar-refractivity contribution in [3.63, 3.8) is 0 Å². The van der Waals surface area contributed by atoms with E-state index in [2.05, 4.69) is 5.23 Å². The second kappa shape index (κ2) is 2.03. The summed E-state index contributed by atoms with van der Waals surface area (Å²) in [5.74, 6) is 0. The average molecular weight is 94.9 g/mol. The second-order valence-corrected chi connectivity index (χ2v) is 1.60. The first-order valence-electron chi connectivity index (χ1n) is 2.39. The lowest BCUT2D eigenvalue weighted by molar-refractivity contribution is 1.02. The second-order valence-electron chi connectivity index (χ2n) is 1.60. The van der Waals surface area contributed by atoms with Crippen LogP contribution in [0.3, 0.4) is 0 Å². The van der Waals surface area contributed by atoms with Crippen LogP contribution in [-0.2, 0) is 0 Å². The molecule has 1 heterocycles. The third-order valence-corrected chi connectivity index (χ3v) is 0.964. The van der Waals surface area contributed by atoms with Crippen molar-refractivity contribution in [3.05, 3.63) is 11.8 Å². The fourth-order valence-electron chi connectivity index (χ4n) is 0.547. The van der Waals surface area contributed by atoms with Gasteiger partial charge >= 0.3 is 0 Å². The predicted molar refractivity (Wildman–Crippen MR) is 30.8 cm³/mol. The number of nitrogens with one attached hydrogen (secondary N) is 1. The maximum atomic E-state index is 5.42. The van der Waals surface area contributed by atoms with Crippen molar-refractivity contribution in [3.8, 4) is 0 Å². The van der Waals surface area contributed by atoms with Crippen LogP contribution in [0, 0.1) is 0 Å². The highest BCUT2D eigenvalue weighted by atomic mass is 14.8. The van der Waals surface area contributed by atoms with Crippen LogP contribution in [0.4, 0.5) is 0 Å². The molecule has 0 aliphatic carbocycles. The summed E-state index contributed by atoms with van der Waals surface area (Å²) in [5.41, 5.74) is 6.40. The third kappa shape index (κ3) is 1.24. The van der Waals surface area contributed by atoms with Crippen molar-refractivity contribution in [2.24, 2.45) is 5.73 Å². The zero-order valence-corrected chi connectivity index (χ0v) is 4.15. The van der Waals surface area contributed by atoms with E-state index in [0.29, 0.717) is 0 Å². The van der Waals surface area contributed by atoms with Crippen molar-refractivity contribution in [2.45, 2.75) is 6.32 Å². The molecule has 1 aliphatic rings. The molecule has 3 heteroatoms. The van der Waals surface area contributed by atoms with E-state index >= 15 is 0 Å². The molecule has 0 aromatic rings. The first-order chi connectivity index (χ1) is 3.39. The Kier molecular flexibility index (Phi) is 1.37. The summed E-state index contributed by atoms with van der Waals surface area (Å²) < 4.78 is 0. The molecule has 1 aliphatic heterocycles. The molecular weight excluding hydrogens is 86.9 g/mol. The van der Waals surface area contributed by atoms with E-state index in [9.17, 15) is 0 Å². The molecule has 2 nitrogen and oxygen atoms in total. The number of nitrogens with two attached hydrogens (primary N) is 1. The van der Waals surface area contributed by atoms with Gasteiger partial charge in [0.1, 0.15) is 0 Å². The van der Waals surface area contributed by atoms with Crippen molar-refractivity contribution < 1.29 is 0 Å². The molecule has 0 saturated heterocycles. The predicted octanol–water partition coefficient (Wildman–Crippen LogP) is -0.530. The zero-order chi connectivity index (χ0) is 5.11. The third-order valence-electron chi connectivity index (χ3n) is 0.964. The van der Waals surface area contributed by atoms with Gasteiger partial charge < -0.3 is 11.0 Å². The van der Waals surface area contributed by atoms with Crippen LogP contribution in [-0.4, -0.2) is 14.0 Å². The lowest BCUT2D eigenvalue weighted by Crippen LogP contribution is -2.25. The van der Waals surface area contributed by atoms with E-state index in [1.54, 1.807) is 0 Å². The van der Waals surface area contributed by atoms with Gasteiger partial charge in [-0.25, -0.2) is 7.41 Å². The molecule has 0 aromatic carbocycles. The quantitative estimate of drug-likeness (QED) is 0.397. The van der Waals surface area contributed by atoms with Crippen LogP contribution in [0.25, 0.3) is 0 Å². The standard InChI is InChI=1S/C4H8BN2/c6-4-1-2-7-5-3-4/h1,7H,2-3,6H2/q-1. The van der Waals surface area contributed by atoms with Gasteiger partial charge in [0.25, 0.3) is 0 Å². The molecule has 0 bridgehead atoms. The lowest BCUT2D eigenvalue weighted by atomic mass is 9.84. The summed E-state index contributed by atoms with van der Waals surface area (Å²) in [4.78, 5) is 0. The molecule has 0 saturated carbocycles. The number of hydrogen-bond acceptors (Lipinski definition) is 2. The van der Waals surface area contributed by atoms with E-state index in [-0.39, 0.29) is 0 Å². The van der Waals surface area contributed by atoms with Gasteiger partial charge in [0, 0.05) is 0 Å². The Morgan fingerprint density at radius 3 is 3.00 bits per heavy atom. The summed E-state index contributed by atoms with van der Waals surface area (Å²) in [7, 11) is 1.97. The van der Waals surface area contributed by atoms with Crippen LogP contribution in [0.1, 0.15) is 0 Å². The van der Waals surface area contributed by atoms with Gasteiger partial charge in [0.15, 0.2) is 0 Å². The Hall–Kier alpha value is -0.435. The van der Waals surface area contributed by atoms with Gasteiger partial charge in [-0.05, 0) is 12.2 Å². The highest BCUT2D eigenvalue weighted by Gasteiger charge is 1.82. The Morgan fingerprint density at radius 2 is 2.71 bits per heavy atom. The molecule has 3 N–H and O–H groups in total. The normalized spacial score (nSPS) is 21.4. The molecule has 0 atom stereocenters. The molecule has 7 heavy (non-hydrogen) atoms. The average Bonchev–Trinajstić information content (AvgIpc) is 1.69. The minimum Gasteiger partial charge on any atom is -0.551 e. The maximum Gasteiger partial charge on any atom is -0.0248 e. The number of rotatable bonds is 0. The van der Waals surface area contributed by atoms with Gasteiger partial charge in [0.2, 0.25) is 0 Å². The Bertz CT molecular complexity index is 89.7. The number of allylic oxidation sites excluding steroid dienone is 1. The fourth-order valence-corrected chi connectivity index (χ4v) is 0.547. The zero-order valence-electron chi connectivity index (χ0n) is 4.15. The SMILES string of the molecule is NC1=CCN[B-]C1. The molecule has 38 valence electrons. The topological polar surface area (TPSA) is 38.0 Å². The van der Waals surface area contributed by atoms with Crippen LogP contribution < -0.4 is 11.0 Å². The van der Waals surface area contributed by atoms with E-state index in [1.807, 2.05) is 13.5 Å². The van der Waals surface area contributed by atoms with Crippen LogP contribution in [0.5, 0.6) is 0 Å². The lowest BCUT2D eigenvalue weighted by Gasteiger charge is -2.21.